The number of rotatable bonds is 6. The molecule has 0 saturated carbocycles. The number of hydrogen-bond donors (Lipinski definition) is 3. The van der Waals surface area contributed by atoms with Gasteiger partial charge in [0.1, 0.15) is 5.82 Å². The van der Waals surface area contributed by atoms with Crippen molar-refractivity contribution in [3.05, 3.63) is 23.0 Å². The van der Waals surface area contributed by atoms with Gasteiger partial charge in [-0.25, -0.2) is 4.39 Å². The highest BCUT2D eigenvalue weighted by atomic mass is 35.5. The van der Waals surface area contributed by atoms with Crippen LogP contribution < -0.4 is 11.1 Å². The van der Waals surface area contributed by atoms with Crippen molar-refractivity contribution in [2.75, 3.05) is 31.4 Å². The number of halogens is 2. The fourth-order valence-electron chi connectivity index (χ4n) is 1.46. The van der Waals surface area contributed by atoms with Crippen molar-refractivity contribution in [3.63, 3.8) is 0 Å². The van der Waals surface area contributed by atoms with E-state index in [1.807, 2.05) is 0 Å². The molecule has 1 rings (SSSR count). The van der Waals surface area contributed by atoms with Crippen molar-refractivity contribution < 1.29 is 14.2 Å². The van der Waals surface area contributed by atoms with Gasteiger partial charge in [0.25, 0.3) is 0 Å². The van der Waals surface area contributed by atoms with E-state index in [0.717, 1.165) is 6.07 Å². The van der Waals surface area contributed by atoms with E-state index < -0.39 is 5.82 Å². The van der Waals surface area contributed by atoms with Crippen LogP contribution in [0.25, 0.3) is 0 Å². The first-order valence-electron chi connectivity index (χ1n) is 5.19. The normalized spacial score (nSPS) is 12.5. The summed E-state index contributed by atoms with van der Waals surface area (Å²) in [4.78, 5) is 0. The summed E-state index contributed by atoms with van der Waals surface area (Å²) in [5, 5.41) is 12.0. The zero-order chi connectivity index (χ0) is 12.8. The summed E-state index contributed by atoms with van der Waals surface area (Å²) >= 11 is 5.67. The molecular weight excluding hydrogens is 247 g/mol. The second kappa shape index (κ2) is 6.64. The van der Waals surface area contributed by atoms with E-state index >= 15 is 0 Å². The molecule has 0 spiro atoms. The van der Waals surface area contributed by atoms with E-state index in [9.17, 15) is 4.39 Å². The molecule has 1 atom stereocenters. The van der Waals surface area contributed by atoms with Crippen molar-refractivity contribution in [2.24, 2.45) is 0 Å². The molecule has 0 aromatic heterocycles. The highest BCUT2D eigenvalue weighted by Gasteiger charge is 2.11. The fourth-order valence-corrected chi connectivity index (χ4v) is 1.62. The third kappa shape index (κ3) is 4.03. The molecule has 96 valence electrons. The summed E-state index contributed by atoms with van der Waals surface area (Å²) in [5.41, 5.74) is 6.47. The molecule has 0 fully saturated rings. The molecule has 0 radical (unpaired) electrons. The molecule has 0 bridgehead atoms. The van der Waals surface area contributed by atoms with E-state index in [2.05, 4.69) is 5.32 Å². The molecule has 1 aromatic rings. The Morgan fingerprint density at radius 3 is 2.88 bits per heavy atom. The topological polar surface area (TPSA) is 67.5 Å². The Bertz CT molecular complexity index is 371. The molecule has 0 saturated heterocycles. The fraction of sp³-hybridized carbons (Fsp3) is 0.455. The first-order valence-corrected chi connectivity index (χ1v) is 5.57. The zero-order valence-corrected chi connectivity index (χ0v) is 10.3. The van der Waals surface area contributed by atoms with E-state index in [1.165, 1.54) is 6.07 Å². The van der Waals surface area contributed by atoms with Gasteiger partial charge in [-0.1, -0.05) is 11.6 Å². The number of aliphatic hydroxyl groups is 1. The number of nitrogen functional groups attached to an aromatic ring is 1. The Morgan fingerprint density at radius 2 is 2.29 bits per heavy atom. The molecule has 1 aromatic carbocycles. The Labute approximate surface area is 105 Å². The highest BCUT2D eigenvalue weighted by molar-refractivity contribution is 6.31. The molecule has 0 amide bonds. The molecule has 0 aliphatic rings. The standard InChI is InChI=1S/C11H16ClFN2O2/c1-17-6-7(2-3-16)15-11-4-8(12)9(13)5-10(11)14/h4-5,7,15-16H,2-3,6,14H2,1H3. The lowest BCUT2D eigenvalue weighted by atomic mass is 10.2. The summed E-state index contributed by atoms with van der Waals surface area (Å²) in [7, 11) is 1.56. The summed E-state index contributed by atoms with van der Waals surface area (Å²) < 4.78 is 18.1. The van der Waals surface area contributed by atoms with Gasteiger partial charge in [-0.05, 0) is 12.5 Å². The van der Waals surface area contributed by atoms with E-state index in [-0.39, 0.29) is 23.4 Å². The molecule has 1 unspecified atom stereocenters. The van der Waals surface area contributed by atoms with Crippen LogP contribution in [0.3, 0.4) is 0 Å². The first kappa shape index (κ1) is 14.0. The van der Waals surface area contributed by atoms with Crippen molar-refractivity contribution in [2.45, 2.75) is 12.5 Å². The summed E-state index contributed by atoms with van der Waals surface area (Å²) in [6.07, 6.45) is 0.502. The molecule has 4 N–H and O–H groups in total. The van der Waals surface area contributed by atoms with Crippen LogP contribution >= 0.6 is 11.6 Å². The smallest absolute Gasteiger partial charge is 0.143 e. The maximum atomic E-state index is 13.1. The molecule has 17 heavy (non-hydrogen) atoms. The number of nitrogens with one attached hydrogen (secondary N) is 1. The van der Waals surface area contributed by atoms with Gasteiger partial charge in [0, 0.05) is 19.8 Å². The van der Waals surface area contributed by atoms with Gasteiger partial charge in [0.2, 0.25) is 0 Å². The third-order valence-electron chi connectivity index (χ3n) is 2.30. The number of benzene rings is 1. The van der Waals surface area contributed by atoms with Crippen LogP contribution in [0.2, 0.25) is 5.02 Å². The van der Waals surface area contributed by atoms with Crippen molar-refractivity contribution in [1.82, 2.24) is 0 Å². The van der Waals surface area contributed by atoms with E-state index in [0.29, 0.717) is 18.7 Å². The molecular formula is C11H16ClFN2O2. The minimum atomic E-state index is -0.555. The Hall–Kier alpha value is -1.04. The van der Waals surface area contributed by atoms with Gasteiger partial charge in [-0.2, -0.15) is 0 Å². The minimum absolute atomic E-state index is 0.00173. The van der Waals surface area contributed by atoms with Crippen LogP contribution in [0.1, 0.15) is 6.42 Å². The van der Waals surface area contributed by atoms with Crippen LogP contribution in [-0.4, -0.2) is 31.5 Å². The number of nitrogens with two attached hydrogens (primary N) is 1. The van der Waals surface area contributed by atoms with Gasteiger partial charge in [-0.15, -0.1) is 0 Å². The largest absolute Gasteiger partial charge is 0.397 e. The van der Waals surface area contributed by atoms with Gasteiger partial charge < -0.3 is 20.9 Å². The van der Waals surface area contributed by atoms with Crippen molar-refractivity contribution >= 4 is 23.0 Å². The maximum absolute atomic E-state index is 13.1. The van der Waals surface area contributed by atoms with Gasteiger partial charge in [-0.3, -0.25) is 0 Å². The molecule has 4 nitrogen and oxygen atoms in total. The Morgan fingerprint density at radius 1 is 1.59 bits per heavy atom. The van der Waals surface area contributed by atoms with Crippen LogP contribution in [0, 0.1) is 5.82 Å². The molecule has 6 heteroatoms. The first-order chi connectivity index (χ1) is 8.08. The quantitative estimate of drug-likeness (QED) is 0.685. The lowest BCUT2D eigenvalue weighted by Gasteiger charge is -2.19. The summed E-state index contributed by atoms with van der Waals surface area (Å²) in [6.45, 7) is 0.435. The predicted octanol–water partition coefficient (Wildman–Crippen LogP) is 1.87. The lowest BCUT2D eigenvalue weighted by Crippen LogP contribution is -2.26. The van der Waals surface area contributed by atoms with Gasteiger partial charge in [0.15, 0.2) is 0 Å². The number of aliphatic hydroxyl groups excluding tert-OH is 1. The minimum Gasteiger partial charge on any atom is -0.397 e. The van der Waals surface area contributed by atoms with Gasteiger partial charge in [0.05, 0.1) is 29.0 Å². The Kier molecular flexibility index (Phi) is 5.47. The Balaban J connectivity index is 2.81. The maximum Gasteiger partial charge on any atom is 0.143 e. The molecule has 0 heterocycles. The molecule has 0 aliphatic carbocycles. The average molecular weight is 263 g/mol. The molecule has 0 aliphatic heterocycles. The SMILES string of the molecule is COCC(CCO)Nc1cc(Cl)c(F)cc1N. The third-order valence-corrected chi connectivity index (χ3v) is 2.59. The summed E-state index contributed by atoms with van der Waals surface area (Å²) in [5.74, 6) is -0.555. The van der Waals surface area contributed by atoms with Crippen LogP contribution in [0.4, 0.5) is 15.8 Å². The second-order valence-corrected chi connectivity index (χ2v) is 4.07. The van der Waals surface area contributed by atoms with E-state index in [4.69, 9.17) is 27.2 Å². The van der Waals surface area contributed by atoms with Crippen LogP contribution in [-0.2, 0) is 4.74 Å². The average Bonchev–Trinajstić information content (AvgIpc) is 2.26. The van der Waals surface area contributed by atoms with Crippen molar-refractivity contribution in [3.8, 4) is 0 Å². The second-order valence-electron chi connectivity index (χ2n) is 3.66. The monoisotopic (exact) mass is 262 g/mol. The summed E-state index contributed by atoms with van der Waals surface area (Å²) in [6, 6.07) is 2.48. The number of ether oxygens (including phenoxy) is 1. The van der Waals surface area contributed by atoms with Crippen LogP contribution in [0.5, 0.6) is 0 Å². The number of hydrogen-bond acceptors (Lipinski definition) is 4. The predicted molar refractivity (Wildman–Crippen MR) is 66.8 cm³/mol. The number of methoxy groups -OCH3 is 1. The van der Waals surface area contributed by atoms with Gasteiger partial charge >= 0.3 is 0 Å². The van der Waals surface area contributed by atoms with E-state index in [1.54, 1.807) is 7.11 Å². The zero-order valence-electron chi connectivity index (χ0n) is 9.54. The van der Waals surface area contributed by atoms with Crippen molar-refractivity contribution in [1.29, 1.82) is 0 Å². The van der Waals surface area contributed by atoms with Crippen LogP contribution in [0.15, 0.2) is 12.1 Å². The number of anilines is 2. The lowest BCUT2D eigenvalue weighted by molar-refractivity contribution is 0.170. The highest BCUT2D eigenvalue weighted by Crippen LogP contribution is 2.27.